The molecule has 156 valence electrons. The zero-order valence-electron chi connectivity index (χ0n) is 16.6. The van der Waals surface area contributed by atoms with Crippen LogP contribution >= 0.6 is 0 Å². The highest BCUT2D eigenvalue weighted by Crippen LogP contribution is 2.15. The number of piperazine rings is 1. The van der Waals surface area contributed by atoms with Gasteiger partial charge in [0.25, 0.3) is 5.91 Å². The molecule has 2 aromatic rings. The summed E-state index contributed by atoms with van der Waals surface area (Å²) in [6.45, 7) is 4.93. The fourth-order valence-corrected chi connectivity index (χ4v) is 4.90. The van der Waals surface area contributed by atoms with Crippen LogP contribution in [-0.4, -0.2) is 58.0 Å². The van der Waals surface area contributed by atoms with E-state index in [1.807, 2.05) is 61.5 Å². The summed E-state index contributed by atoms with van der Waals surface area (Å²) < 4.78 is 32.2. The monoisotopic (exact) mass is 418 g/mol. The molecule has 3 rings (SSSR count). The highest BCUT2D eigenvalue weighted by Gasteiger charge is 2.30. The van der Waals surface area contributed by atoms with Crippen LogP contribution in [0.4, 0.5) is 5.69 Å². The fourth-order valence-electron chi connectivity index (χ4n) is 3.37. The van der Waals surface area contributed by atoms with Gasteiger partial charge >= 0.3 is 0 Å². The smallest absolute Gasteiger partial charge is 0.279 e. The van der Waals surface area contributed by atoms with E-state index in [-0.39, 0.29) is 11.7 Å². The van der Waals surface area contributed by atoms with Crippen molar-refractivity contribution < 1.29 is 22.8 Å². The first kappa shape index (κ1) is 21.3. The molecule has 1 aliphatic heterocycles. The van der Waals surface area contributed by atoms with Gasteiger partial charge in [0, 0.05) is 5.69 Å². The number of anilines is 1. The van der Waals surface area contributed by atoms with E-state index in [9.17, 15) is 13.2 Å². The Morgan fingerprint density at radius 1 is 1.07 bits per heavy atom. The van der Waals surface area contributed by atoms with Gasteiger partial charge in [-0.3, -0.25) is 4.79 Å². The Bertz CT molecular complexity index is 893. The Balaban J connectivity index is 1.46. The number of carbonyl (C=O) groups excluding carboxylic acids is 1. The quantitative estimate of drug-likeness (QED) is 0.663. The van der Waals surface area contributed by atoms with E-state index in [1.54, 1.807) is 0 Å². The van der Waals surface area contributed by atoms with Crippen LogP contribution in [0.1, 0.15) is 12.5 Å². The Morgan fingerprint density at radius 3 is 2.34 bits per heavy atom. The van der Waals surface area contributed by atoms with Crippen molar-refractivity contribution in [2.75, 3.05) is 44.6 Å². The van der Waals surface area contributed by atoms with Gasteiger partial charge in [0.15, 0.2) is 6.54 Å². The van der Waals surface area contributed by atoms with Crippen LogP contribution in [0.5, 0.6) is 5.75 Å². The number of sulfonamides is 1. The molecule has 0 atom stereocenters. The molecule has 7 nitrogen and oxygen atoms in total. The lowest BCUT2D eigenvalue weighted by Gasteiger charge is -2.31. The SMILES string of the molecule is CCOc1ccc(NC(=O)C[NH+]2CCN(S(=O)(=O)Cc3ccccc3)CC2)cc1. The number of ether oxygens (including phenoxy) is 1. The van der Waals surface area contributed by atoms with Gasteiger partial charge in [0.05, 0.1) is 38.5 Å². The number of nitrogens with zero attached hydrogens (tertiary/aromatic N) is 1. The maximum Gasteiger partial charge on any atom is 0.279 e. The molecule has 0 aliphatic carbocycles. The van der Waals surface area contributed by atoms with E-state index < -0.39 is 10.0 Å². The highest BCUT2D eigenvalue weighted by molar-refractivity contribution is 7.88. The van der Waals surface area contributed by atoms with Crippen molar-refractivity contribution in [2.45, 2.75) is 12.7 Å². The summed E-state index contributed by atoms with van der Waals surface area (Å²) in [5.74, 6) is 0.704. The maximum absolute atomic E-state index is 12.6. The van der Waals surface area contributed by atoms with E-state index in [4.69, 9.17) is 4.74 Å². The van der Waals surface area contributed by atoms with Crippen molar-refractivity contribution in [2.24, 2.45) is 0 Å². The second kappa shape index (κ2) is 9.87. The average Bonchev–Trinajstić information content (AvgIpc) is 2.70. The van der Waals surface area contributed by atoms with E-state index in [0.29, 0.717) is 39.3 Å². The van der Waals surface area contributed by atoms with Gasteiger partial charge in [0.1, 0.15) is 5.75 Å². The summed E-state index contributed by atoms with van der Waals surface area (Å²) in [6.07, 6.45) is 0. The molecule has 1 fully saturated rings. The van der Waals surface area contributed by atoms with Gasteiger partial charge in [-0.2, -0.15) is 4.31 Å². The molecule has 0 saturated carbocycles. The largest absolute Gasteiger partial charge is 0.494 e. The molecular weight excluding hydrogens is 390 g/mol. The molecule has 1 saturated heterocycles. The van der Waals surface area contributed by atoms with Gasteiger partial charge in [-0.05, 0) is 36.8 Å². The molecule has 0 bridgehead atoms. The molecule has 2 aromatic carbocycles. The summed E-state index contributed by atoms with van der Waals surface area (Å²) >= 11 is 0. The van der Waals surface area contributed by atoms with Crippen LogP contribution in [0.2, 0.25) is 0 Å². The second-order valence-electron chi connectivity index (χ2n) is 7.07. The molecule has 0 spiro atoms. The third-order valence-electron chi connectivity index (χ3n) is 4.87. The van der Waals surface area contributed by atoms with Crippen LogP contribution in [0.3, 0.4) is 0 Å². The lowest BCUT2D eigenvalue weighted by atomic mass is 10.2. The van der Waals surface area contributed by atoms with E-state index in [2.05, 4.69) is 5.32 Å². The lowest BCUT2D eigenvalue weighted by Crippen LogP contribution is -3.15. The van der Waals surface area contributed by atoms with Gasteiger partial charge in [0.2, 0.25) is 10.0 Å². The van der Waals surface area contributed by atoms with Gasteiger partial charge in [-0.15, -0.1) is 0 Å². The van der Waals surface area contributed by atoms with Crippen molar-refractivity contribution in [1.82, 2.24) is 4.31 Å². The summed E-state index contributed by atoms with van der Waals surface area (Å²) in [5, 5.41) is 2.89. The minimum absolute atomic E-state index is 0.0153. The predicted molar refractivity (Wildman–Crippen MR) is 112 cm³/mol. The summed E-state index contributed by atoms with van der Waals surface area (Å²) in [4.78, 5) is 13.4. The van der Waals surface area contributed by atoms with Crippen LogP contribution < -0.4 is 15.0 Å². The van der Waals surface area contributed by atoms with Crippen molar-refractivity contribution in [3.8, 4) is 5.75 Å². The number of hydrogen-bond acceptors (Lipinski definition) is 4. The predicted octanol–water partition coefficient (Wildman–Crippen LogP) is 0.754. The molecule has 29 heavy (non-hydrogen) atoms. The number of hydrogen-bond donors (Lipinski definition) is 2. The maximum atomic E-state index is 12.6. The summed E-state index contributed by atoms with van der Waals surface area (Å²) in [7, 11) is -3.34. The first-order valence-electron chi connectivity index (χ1n) is 9.84. The van der Waals surface area contributed by atoms with Gasteiger partial charge < -0.3 is 15.0 Å². The van der Waals surface area contributed by atoms with Gasteiger partial charge in [-0.1, -0.05) is 30.3 Å². The number of nitrogens with one attached hydrogen (secondary N) is 2. The van der Waals surface area contributed by atoms with Crippen molar-refractivity contribution >= 4 is 21.6 Å². The van der Waals surface area contributed by atoms with Crippen LogP contribution in [0.15, 0.2) is 54.6 Å². The van der Waals surface area contributed by atoms with Crippen molar-refractivity contribution in [3.63, 3.8) is 0 Å². The van der Waals surface area contributed by atoms with E-state index >= 15 is 0 Å². The number of amides is 1. The topological polar surface area (TPSA) is 80.2 Å². The molecule has 0 unspecified atom stereocenters. The number of quaternary nitrogens is 1. The third kappa shape index (κ3) is 6.28. The van der Waals surface area contributed by atoms with Crippen molar-refractivity contribution in [3.05, 3.63) is 60.2 Å². The Kier molecular flexibility index (Phi) is 7.24. The molecule has 1 heterocycles. The van der Waals surface area contributed by atoms with E-state index in [0.717, 1.165) is 21.9 Å². The first-order chi connectivity index (χ1) is 14.0. The average molecular weight is 419 g/mol. The Hall–Kier alpha value is -2.42. The molecular formula is C21H28N3O4S+. The van der Waals surface area contributed by atoms with E-state index in [1.165, 1.54) is 4.31 Å². The Morgan fingerprint density at radius 2 is 1.72 bits per heavy atom. The number of carbonyl (C=O) groups is 1. The second-order valence-corrected chi connectivity index (χ2v) is 9.04. The molecule has 0 aromatic heterocycles. The Labute approximate surface area is 172 Å². The summed E-state index contributed by atoms with van der Waals surface area (Å²) in [5.41, 5.74) is 1.51. The molecule has 1 amide bonds. The van der Waals surface area contributed by atoms with Gasteiger partial charge in [-0.25, -0.2) is 8.42 Å². The van der Waals surface area contributed by atoms with Crippen LogP contribution in [0.25, 0.3) is 0 Å². The number of rotatable bonds is 8. The minimum Gasteiger partial charge on any atom is -0.494 e. The zero-order valence-corrected chi connectivity index (χ0v) is 17.5. The third-order valence-corrected chi connectivity index (χ3v) is 6.72. The molecule has 8 heteroatoms. The molecule has 1 aliphatic rings. The molecule has 2 N–H and O–H groups in total. The summed E-state index contributed by atoms with van der Waals surface area (Å²) in [6, 6.07) is 16.5. The lowest BCUT2D eigenvalue weighted by molar-refractivity contribution is -0.895. The van der Waals surface area contributed by atoms with Crippen LogP contribution in [-0.2, 0) is 20.6 Å². The fraction of sp³-hybridized carbons (Fsp3) is 0.381. The first-order valence-corrected chi connectivity index (χ1v) is 11.5. The standard InChI is InChI=1S/C21H27N3O4S/c1-2-28-20-10-8-19(9-11-20)22-21(25)16-23-12-14-24(15-13-23)29(26,27)17-18-6-4-3-5-7-18/h3-11H,2,12-17H2,1H3,(H,22,25)/p+1. The van der Waals surface area contributed by atoms with Crippen molar-refractivity contribution in [1.29, 1.82) is 0 Å². The molecule has 0 radical (unpaired) electrons. The minimum atomic E-state index is -3.34. The normalized spacial score (nSPS) is 15.8. The zero-order chi connectivity index (χ0) is 20.7. The highest BCUT2D eigenvalue weighted by atomic mass is 32.2. The number of benzene rings is 2. The van der Waals surface area contributed by atoms with Crippen LogP contribution in [0, 0.1) is 0 Å².